The molecule has 0 bridgehead atoms. The summed E-state index contributed by atoms with van der Waals surface area (Å²) in [5.41, 5.74) is 0. The van der Waals surface area contributed by atoms with Crippen molar-refractivity contribution in [3.8, 4) is 0 Å². The number of rotatable bonds is 16. The Morgan fingerprint density at radius 3 is 1.41 bits per heavy atom. The predicted octanol–water partition coefficient (Wildman–Crippen LogP) is 6.82. The number of hydrogen-bond acceptors (Lipinski definition) is 1. The van der Waals surface area contributed by atoms with Crippen LogP contribution in [0.15, 0.2) is 0 Å². The van der Waals surface area contributed by atoms with Crippen molar-refractivity contribution in [1.82, 2.24) is 0 Å². The summed E-state index contributed by atoms with van der Waals surface area (Å²) in [5.74, 6) is 0.908. The van der Waals surface area contributed by atoms with Crippen molar-refractivity contribution in [3.63, 3.8) is 0 Å². The van der Waals surface area contributed by atoms with E-state index in [4.69, 9.17) is 5.11 Å². The first-order valence-electron chi connectivity index (χ1n) is 9.85. The molecular weight excluding hydrogens is 272 g/mol. The average molecular weight is 313 g/mol. The van der Waals surface area contributed by atoms with Crippen molar-refractivity contribution in [2.75, 3.05) is 0 Å². The van der Waals surface area contributed by atoms with Crippen LogP contribution in [0.5, 0.6) is 0 Å². The number of aliphatic carboxylic acids is 1. The molecule has 1 atom stereocenters. The van der Waals surface area contributed by atoms with Gasteiger partial charge in [0.15, 0.2) is 0 Å². The molecule has 2 nitrogen and oxygen atoms in total. The molecule has 0 aromatic heterocycles. The molecule has 0 aliphatic rings. The summed E-state index contributed by atoms with van der Waals surface area (Å²) in [5, 5.41) is 8.90. The molecule has 0 amide bonds. The van der Waals surface area contributed by atoms with Gasteiger partial charge in [-0.05, 0) is 18.3 Å². The van der Waals surface area contributed by atoms with Gasteiger partial charge in [-0.25, -0.2) is 0 Å². The molecule has 0 spiro atoms. The lowest BCUT2D eigenvalue weighted by Crippen LogP contribution is -2.07. The van der Waals surface area contributed by atoms with Crippen LogP contribution in [0.2, 0.25) is 0 Å². The highest BCUT2D eigenvalue weighted by Gasteiger charge is 2.13. The summed E-state index contributed by atoms with van der Waals surface area (Å²) in [4.78, 5) is 10.8. The number of hydrogen-bond donors (Lipinski definition) is 1. The van der Waals surface area contributed by atoms with Crippen LogP contribution in [-0.4, -0.2) is 11.1 Å². The lowest BCUT2D eigenvalue weighted by molar-refractivity contribution is -0.137. The Bertz CT molecular complexity index is 242. The molecule has 0 fully saturated rings. The molecule has 22 heavy (non-hydrogen) atoms. The monoisotopic (exact) mass is 312 g/mol. The van der Waals surface area contributed by atoms with Gasteiger partial charge in [0.1, 0.15) is 0 Å². The number of carboxylic acids is 1. The molecule has 0 aliphatic carbocycles. The van der Waals surface area contributed by atoms with E-state index in [0.717, 1.165) is 12.3 Å². The Balaban J connectivity index is 4.07. The normalized spacial score (nSPS) is 12.7. The third kappa shape index (κ3) is 13.2. The molecule has 0 radical (unpaired) electrons. The van der Waals surface area contributed by atoms with E-state index in [-0.39, 0.29) is 0 Å². The quantitative estimate of drug-likeness (QED) is 0.339. The topological polar surface area (TPSA) is 37.3 Å². The Labute approximate surface area is 139 Å². The highest BCUT2D eigenvalue weighted by molar-refractivity contribution is 5.66. The summed E-state index contributed by atoms with van der Waals surface area (Å²) in [7, 11) is 0. The number of carboxylic acid groups (broad SMARTS) is 1. The molecule has 2 heteroatoms. The maximum Gasteiger partial charge on any atom is 0.303 e. The highest BCUT2D eigenvalue weighted by Crippen LogP contribution is 2.26. The lowest BCUT2D eigenvalue weighted by Gasteiger charge is -2.19. The average Bonchev–Trinajstić information content (AvgIpc) is 2.51. The fraction of sp³-hybridized carbons (Fsp3) is 0.950. The van der Waals surface area contributed by atoms with Gasteiger partial charge in [-0.2, -0.15) is 0 Å². The van der Waals surface area contributed by atoms with E-state index in [0.29, 0.717) is 12.3 Å². The molecule has 132 valence electrons. The zero-order valence-electron chi connectivity index (χ0n) is 15.4. The summed E-state index contributed by atoms with van der Waals surface area (Å²) in [6, 6.07) is 0. The molecule has 0 aromatic rings. The fourth-order valence-electron chi connectivity index (χ4n) is 3.37. The molecule has 0 saturated heterocycles. The van der Waals surface area contributed by atoms with Crippen LogP contribution in [0.3, 0.4) is 0 Å². The first-order chi connectivity index (χ1) is 10.6. The van der Waals surface area contributed by atoms with Crippen molar-refractivity contribution in [1.29, 1.82) is 0 Å². The predicted molar refractivity (Wildman–Crippen MR) is 96.3 cm³/mol. The third-order valence-electron chi connectivity index (χ3n) is 4.89. The van der Waals surface area contributed by atoms with Crippen LogP contribution in [0.1, 0.15) is 111 Å². The summed E-state index contributed by atoms with van der Waals surface area (Å²) in [6.07, 6.45) is 16.9. The standard InChI is InChI=1S/C20H40O2/c1-4-7-11-18(12-8-5-2)14-10-15-19(13-9-6-3)16-17-20(21)22/h18-19H,4-17H2,1-3H3,(H,21,22). The highest BCUT2D eigenvalue weighted by atomic mass is 16.4. The Morgan fingerprint density at radius 1 is 0.682 bits per heavy atom. The van der Waals surface area contributed by atoms with E-state index in [2.05, 4.69) is 20.8 Å². The SMILES string of the molecule is CCCCC(CCCC)CCCC(CCCC)CCC(=O)O. The van der Waals surface area contributed by atoms with Crippen LogP contribution < -0.4 is 0 Å². The van der Waals surface area contributed by atoms with Gasteiger partial charge < -0.3 is 5.11 Å². The van der Waals surface area contributed by atoms with Crippen LogP contribution in [-0.2, 0) is 4.79 Å². The van der Waals surface area contributed by atoms with E-state index >= 15 is 0 Å². The largest absolute Gasteiger partial charge is 0.481 e. The molecule has 1 N–H and O–H groups in total. The van der Waals surface area contributed by atoms with E-state index in [9.17, 15) is 4.79 Å². The van der Waals surface area contributed by atoms with E-state index in [1.54, 1.807) is 0 Å². The van der Waals surface area contributed by atoms with Crippen molar-refractivity contribution in [2.45, 2.75) is 111 Å². The number of carbonyl (C=O) groups is 1. The second kappa shape index (κ2) is 15.4. The van der Waals surface area contributed by atoms with Gasteiger partial charge in [0.25, 0.3) is 0 Å². The van der Waals surface area contributed by atoms with Crippen LogP contribution in [0.4, 0.5) is 0 Å². The summed E-state index contributed by atoms with van der Waals surface area (Å²) < 4.78 is 0. The van der Waals surface area contributed by atoms with Crippen molar-refractivity contribution >= 4 is 5.97 Å². The Hall–Kier alpha value is -0.530. The zero-order chi connectivity index (χ0) is 16.6. The minimum absolute atomic E-state index is 0.351. The molecule has 1 unspecified atom stereocenters. The molecule has 0 aromatic carbocycles. The maximum absolute atomic E-state index is 10.8. The van der Waals surface area contributed by atoms with Crippen LogP contribution in [0.25, 0.3) is 0 Å². The smallest absolute Gasteiger partial charge is 0.303 e. The maximum atomic E-state index is 10.8. The van der Waals surface area contributed by atoms with Crippen molar-refractivity contribution in [3.05, 3.63) is 0 Å². The van der Waals surface area contributed by atoms with Gasteiger partial charge >= 0.3 is 5.97 Å². The summed E-state index contributed by atoms with van der Waals surface area (Å²) in [6.45, 7) is 6.78. The van der Waals surface area contributed by atoms with Crippen LogP contribution in [0, 0.1) is 11.8 Å². The second-order valence-electron chi connectivity index (χ2n) is 7.02. The van der Waals surface area contributed by atoms with Crippen LogP contribution >= 0.6 is 0 Å². The third-order valence-corrected chi connectivity index (χ3v) is 4.89. The van der Waals surface area contributed by atoms with Gasteiger partial charge in [0, 0.05) is 6.42 Å². The van der Waals surface area contributed by atoms with Crippen molar-refractivity contribution < 1.29 is 9.90 Å². The second-order valence-corrected chi connectivity index (χ2v) is 7.02. The van der Waals surface area contributed by atoms with Gasteiger partial charge in [0.2, 0.25) is 0 Å². The molecular formula is C20H40O2. The van der Waals surface area contributed by atoms with E-state index < -0.39 is 5.97 Å². The Kier molecular flexibility index (Phi) is 15.0. The molecule has 0 saturated carbocycles. The van der Waals surface area contributed by atoms with Gasteiger partial charge in [0.05, 0.1) is 0 Å². The van der Waals surface area contributed by atoms with E-state index in [1.807, 2.05) is 0 Å². The zero-order valence-corrected chi connectivity index (χ0v) is 15.4. The van der Waals surface area contributed by atoms with Crippen molar-refractivity contribution in [2.24, 2.45) is 11.8 Å². The number of unbranched alkanes of at least 4 members (excludes halogenated alkanes) is 3. The minimum Gasteiger partial charge on any atom is -0.481 e. The first kappa shape index (κ1) is 21.5. The fourth-order valence-corrected chi connectivity index (χ4v) is 3.37. The van der Waals surface area contributed by atoms with Gasteiger partial charge in [-0.1, -0.05) is 97.8 Å². The summed E-state index contributed by atoms with van der Waals surface area (Å²) >= 11 is 0. The lowest BCUT2D eigenvalue weighted by atomic mass is 9.86. The van der Waals surface area contributed by atoms with Gasteiger partial charge in [-0.15, -0.1) is 0 Å². The molecule has 0 rings (SSSR count). The van der Waals surface area contributed by atoms with E-state index in [1.165, 1.54) is 77.0 Å². The Morgan fingerprint density at radius 2 is 1.05 bits per heavy atom. The van der Waals surface area contributed by atoms with Gasteiger partial charge in [-0.3, -0.25) is 4.79 Å². The first-order valence-corrected chi connectivity index (χ1v) is 9.85. The minimum atomic E-state index is -0.634. The molecule has 0 heterocycles. The molecule has 0 aliphatic heterocycles.